The van der Waals surface area contributed by atoms with Crippen molar-refractivity contribution in [2.75, 3.05) is 6.54 Å². The third kappa shape index (κ3) is 2.55. The summed E-state index contributed by atoms with van der Waals surface area (Å²) >= 11 is 5.47. The molecule has 0 fully saturated rings. The van der Waals surface area contributed by atoms with Gasteiger partial charge in [0.2, 0.25) is 0 Å². The molecular formula is C17H21N3OS. The minimum absolute atomic E-state index is 0.355. The molecule has 22 heavy (non-hydrogen) atoms. The number of nitrogens with one attached hydrogen (secondary N) is 1. The molecule has 4 nitrogen and oxygen atoms in total. The summed E-state index contributed by atoms with van der Waals surface area (Å²) in [5.41, 5.74) is 5.24. The Kier molecular flexibility index (Phi) is 4.02. The number of carbonyl (C=O) groups excluding carboxylic acids is 1. The molecule has 1 atom stereocenters. The minimum atomic E-state index is 0.355. The van der Waals surface area contributed by atoms with Crippen molar-refractivity contribution in [3.63, 3.8) is 0 Å². The Balaban J connectivity index is 2.15. The van der Waals surface area contributed by atoms with Gasteiger partial charge >= 0.3 is 0 Å². The average molecular weight is 315 g/mol. The fourth-order valence-electron chi connectivity index (χ4n) is 3.08. The number of benzene rings is 1. The largest absolute Gasteiger partial charge is 0.331 e. The molecule has 1 aromatic heterocycles. The van der Waals surface area contributed by atoms with Crippen LogP contribution in [0.15, 0.2) is 23.8 Å². The Morgan fingerprint density at radius 3 is 2.91 bits per heavy atom. The number of aromatic amines is 1. The van der Waals surface area contributed by atoms with Gasteiger partial charge in [-0.1, -0.05) is 11.6 Å². The highest BCUT2D eigenvalue weighted by Gasteiger charge is 2.24. The number of hydrogen-bond donors (Lipinski definition) is 1. The summed E-state index contributed by atoms with van der Waals surface area (Å²) in [5, 5.41) is 0. The zero-order valence-electron chi connectivity index (χ0n) is 13.2. The van der Waals surface area contributed by atoms with E-state index in [1.54, 1.807) is 0 Å². The first-order valence-corrected chi connectivity index (χ1v) is 7.99. The van der Waals surface area contributed by atoms with Crippen molar-refractivity contribution < 1.29 is 4.79 Å². The van der Waals surface area contributed by atoms with E-state index in [0.29, 0.717) is 6.04 Å². The highest BCUT2D eigenvalue weighted by Crippen LogP contribution is 2.28. The summed E-state index contributed by atoms with van der Waals surface area (Å²) in [6.45, 7) is 8.93. The molecule has 0 amide bonds. The van der Waals surface area contributed by atoms with Crippen LogP contribution in [-0.2, 0) is 13.1 Å². The predicted molar refractivity (Wildman–Crippen MR) is 91.8 cm³/mol. The van der Waals surface area contributed by atoms with E-state index >= 15 is 0 Å². The molecule has 2 heterocycles. The number of aldehydes is 1. The number of allylic oxidation sites excluding steroid dienone is 1. The molecule has 3 rings (SSSR count). The van der Waals surface area contributed by atoms with Crippen LogP contribution >= 0.6 is 12.2 Å². The first-order valence-electron chi connectivity index (χ1n) is 7.58. The number of H-pyrrole nitrogens is 1. The SMILES string of the molecule is CC(C)=CCN1Cc2c(C=O)ccc3[nH]c(=S)n(c23)C[C@@H]1C. The lowest BCUT2D eigenvalue weighted by molar-refractivity contribution is 0.112. The standard InChI is InChI=1S/C17H21N3OS/c1-11(2)6-7-19-9-14-13(10-21)4-5-15-16(14)20(8-12(19)3)17(22)18-15/h4-6,10,12H,7-9H2,1-3H3,(H,18,22)/t12-/m0/s1. The Hall–Kier alpha value is -1.72. The van der Waals surface area contributed by atoms with Gasteiger partial charge in [0.05, 0.1) is 11.0 Å². The first-order chi connectivity index (χ1) is 10.5. The van der Waals surface area contributed by atoms with Crippen LogP contribution in [0.1, 0.15) is 36.7 Å². The topological polar surface area (TPSA) is 41.0 Å². The summed E-state index contributed by atoms with van der Waals surface area (Å²) < 4.78 is 2.87. The van der Waals surface area contributed by atoms with Crippen molar-refractivity contribution in [3.8, 4) is 0 Å². The van der Waals surface area contributed by atoms with E-state index in [1.165, 1.54) is 5.57 Å². The molecule has 0 saturated heterocycles. The highest BCUT2D eigenvalue weighted by atomic mass is 32.1. The van der Waals surface area contributed by atoms with E-state index in [2.05, 4.69) is 41.3 Å². The van der Waals surface area contributed by atoms with Gasteiger partial charge in [-0.2, -0.15) is 0 Å². The van der Waals surface area contributed by atoms with Crippen LogP contribution in [0.2, 0.25) is 0 Å². The van der Waals surface area contributed by atoms with E-state index in [0.717, 1.165) is 52.9 Å². The number of nitrogens with zero attached hydrogens (tertiary/aromatic N) is 2. The summed E-state index contributed by atoms with van der Waals surface area (Å²) in [5.74, 6) is 0. The summed E-state index contributed by atoms with van der Waals surface area (Å²) in [4.78, 5) is 17.1. The zero-order chi connectivity index (χ0) is 15.9. The number of carbonyl (C=O) groups is 1. The maximum atomic E-state index is 11.5. The van der Waals surface area contributed by atoms with E-state index in [-0.39, 0.29) is 0 Å². The fraction of sp³-hybridized carbons (Fsp3) is 0.412. The van der Waals surface area contributed by atoms with E-state index in [4.69, 9.17) is 12.2 Å². The van der Waals surface area contributed by atoms with Gasteiger partial charge in [-0.25, -0.2) is 0 Å². The van der Waals surface area contributed by atoms with Crippen LogP contribution in [0, 0.1) is 4.77 Å². The van der Waals surface area contributed by atoms with Gasteiger partial charge in [-0.05, 0) is 45.1 Å². The van der Waals surface area contributed by atoms with Gasteiger partial charge in [0.25, 0.3) is 0 Å². The second-order valence-corrected chi connectivity index (χ2v) is 6.63. The molecule has 1 aliphatic heterocycles. The smallest absolute Gasteiger partial charge is 0.178 e. The molecule has 1 aliphatic rings. The normalized spacial score (nSPS) is 18.2. The number of hydrogen-bond acceptors (Lipinski definition) is 3. The van der Waals surface area contributed by atoms with Crippen LogP contribution in [0.4, 0.5) is 0 Å². The molecule has 0 bridgehead atoms. The average Bonchev–Trinajstić information content (AvgIpc) is 2.70. The van der Waals surface area contributed by atoms with E-state index < -0.39 is 0 Å². The molecular weight excluding hydrogens is 294 g/mol. The van der Waals surface area contributed by atoms with Crippen molar-refractivity contribution in [2.45, 2.75) is 39.9 Å². The third-order valence-corrected chi connectivity index (χ3v) is 4.69. The fourth-order valence-corrected chi connectivity index (χ4v) is 3.35. The predicted octanol–water partition coefficient (Wildman–Crippen LogP) is 3.68. The molecule has 5 heteroatoms. The Labute approximate surface area is 135 Å². The number of aromatic nitrogens is 2. The van der Waals surface area contributed by atoms with Crippen LogP contribution in [0.25, 0.3) is 11.0 Å². The Bertz CT molecular complexity index is 811. The van der Waals surface area contributed by atoms with Crippen molar-refractivity contribution in [1.82, 2.24) is 14.5 Å². The molecule has 1 N–H and O–H groups in total. The Morgan fingerprint density at radius 2 is 2.23 bits per heavy atom. The molecule has 0 spiro atoms. The molecule has 2 aromatic rings. The zero-order valence-corrected chi connectivity index (χ0v) is 14.0. The van der Waals surface area contributed by atoms with Gasteiger partial charge in [-0.15, -0.1) is 0 Å². The van der Waals surface area contributed by atoms with Crippen LogP contribution in [0.5, 0.6) is 0 Å². The van der Waals surface area contributed by atoms with Gasteiger partial charge in [0.1, 0.15) is 6.29 Å². The van der Waals surface area contributed by atoms with E-state index in [9.17, 15) is 4.79 Å². The quantitative estimate of drug-likeness (QED) is 0.533. The van der Waals surface area contributed by atoms with Crippen LogP contribution < -0.4 is 0 Å². The van der Waals surface area contributed by atoms with Crippen LogP contribution in [0.3, 0.4) is 0 Å². The summed E-state index contributed by atoms with van der Waals surface area (Å²) in [6, 6.07) is 4.19. The lowest BCUT2D eigenvalue weighted by atomic mass is 10.1. The minimum Gasteiger partial charge on any atom is -0.331 e. The Morgan fingerprint density at radius 1 is 1.45 bits per heavy atom. The van der Waals surface area contributed by atoms with Crippen molar-refractivity contribution in [3.05, 3.63) is 39.7 Å². The lowest BCUT2D eigenvalue weighted by Crippen LogP contribution is -2.34. The third-order valence-electron chi connectivity index (χ3n) is 4.37. The maximum absolute atomic E-state index is 11.5. The maximum Gasteiger partial charge on any atom is 0.178 e. The molecule has 0 radical (unpaired) electrons. The molecule has 0 aliphatic carbocycles. The van der Waals surface area contributed by atoms with Gasteiger partial charge < -0.3 is 9.55 Å². The lowest BCUT2D eigenvalue weighted by Gasteiger charge is -2.26. The van der Waals surface area contributed by atoms with Gasteiger partial charge in [-0.3, -0.25) is 9.69 Å². The van der Waals surface area contributed by atoms with Gasteiger partial charge in [0, 0.05) is 36.8 Å². The van der Waals surface area contributed by atoms with Crippen molar-refractivity contribution in [2.24, 2.45) is 0 Å². The van der Waals surface area contributed by atoms with Crippen LogP contribution in [-0.4, -0.2) is 33.3 Å². The second-order valence-electron chi connectivity index (χ2n) is 6.25. The van der Waals surface area contributed by atoms with E-state index in [1.807, 2.05) is 12.1 Å². The van der Waals surface area contributed by atoms with Crippen molar-refractivity contribution in [1.29, 1.82) is 0 Å². The molecule has 1 aromatic carbocycles. The highest BCUT2D eigenvalue weighted by molar-refractivity contribution is 7.71. The summed E-state index contributed by atoms with van der Waals surface area (Å²) in [7, 11) is 0. The molecule has 0 unspecified atom stereocenters. The monoisotopic (exact) mass is 315 g/mol. The molecule has 0 saturated carbocycles. The van der Waals surface area contributed by atoms with Crippen molar-refractivity contribution >= 4 is 29.5 Å². The first kappa shape index (κ1) is 15.2. The molecule has 116 valence electrons. The van der Waals surface area contributed by atoms with Gasteiger partial charge in [0.15, 0.2) is 4.77 Å². The second kappa shape index (κ2) is 5.82. The number of imidazole rings is 1. The number of rotatable bonds is 3. The summed E-state index contributed by atoms with van der Waals surface area (Å²) in [6.07, 6.45) is 3.18.